The fraction of sp³-hybridized carbons (Fsp3) is 0.706. The van der Waals surface area contributed by atoms with Crippen molar-refractivity contribution >= 4 is 13.1 Å². The lowest BCUT2D eigenvalue weighted by molar-refractivity contribution is -0.137. The first-order chi connectivity index (χ1) is 12.7. The quantitative estimate of drug-likeness (QED) is 0.107. The Morgan fingerprint density at radius 3 is 2.41 bits per heavy atom. The topological polar surface area (TPSA) is 151 Å². The van der Waals surface area contributed by atoms with Crippen LogP contribution in [0, 0.1) is 11.8 Å². The molecule has 0 radical (unpaired) electrons. The fourth-order valence-corrected chi connectivity index (χ4v) is 2.62. The molecule has 1 rings (SSSR count). The Morgan fingerprint density at radius 2 is 1.93 bits per heavy atom. The molecule has 1 fully saturated rings. The summed E-state index contributed by atoms with van der Waals surface area (Å²) in [5.74, 6) is -1.61. The summed E-state index contributed by atoms with van der Waals surface area (Å²) in [6, 6.07) is 0. The third kappa shape index (κ3) is 7.61. The Hall–Kier alpha value is -1.43. The summed E-state index contributed by atoms with van der Waals surface area (Å²) in [6.45, 7) is 3.45. The molecule has 1 saturated heterocycles. The van der Waals surface area contributed by atoms with E-state index in [0.717, 1.165) is 0 Å². The molecule has 0 aromatic carbocycles. The van der Waals surface area contributed by atoms with Crippen LogP contribution in [-0.4, -0.2) is 87.1 Å². The first-order valence-electron chi connectivity index (χ1n) is 9.00. The SMILES string of the molecule is CC(/C=C\C(OC1CN(C(O)C(C)CO)C1)=C(/CO)C(=O)O)CCB(O)O. The van der Waals surface area contributed by atoms with Crippen molar-refractivity contribution in [1.29, 1.82) is 0 Å². The van der Waals surface area contributed by atoms with Gasteiger partial charge in [-0.1, -0.05) is 19.9 Å². The third-order valence-corrected chi connectivity index (χ3v) is 4.51. The van der Waals surface area contributed by atoms with Gasteiger partial charge >= 0.3 is 13.1 Å². The number of nitrogens with zero attached hydrogens (tertiary/aromatic N) is 1. The summed E-state index contributed by atoms with van der Waals surface area (Å²) in [7, 11) is -1.40. The highest BCUT2D eigenvalue weighted by molar-refractivity contribution is 6.40. The maximum absolute atomic E-state index is 11.3. The minimum absolute atomic E-state index is 0.0377. The van der Waals surface area contributed by atoms with Gasteiger partial charge in [-0.05, 0) is 24.7 Å². The maximum atomic E-state index is 11.3. The van der Waals surface area contributed by atoms with Crippen LogP contribution >= 0.6 is 0 Å². The fourth-order valence-electron chi connectivity index (χ4n) is 2.62. The van der Waals surface area contributed by atoms with Crippen molar-refractivity contribution < 1.29 is 40.0 Å². The van der Waals surface area contributed by atoms with Gasteiger partial charge in [0.1, 0.15) is 23.7 Å². The van der Waals surface area contributed by atoms with Crippen LogP contribution < -0.4 is 0 Å². The standard InChI is InChI=1S/C17H30BNO8/c1-11(5-6-18(25)26)3-4-15(14(10-21)17(23)24)27-13-7-19(8-13)16(22)12(2)9-20/h3-4,11-13,16,20-22,25-26H,5-10H2,1-2H3,(H,23,24)/b4-3-,15-14-. The van der Waals surface area contributed by atoms with Gasteiger partial charge in [0.15, 0.2) is 0 Å². The largest absolute Gasteiger partial charge is 0.487 e. The second-order valence-electron chi connectivity index (χ2n) is 6.97. The van der Waals surface area contributed by atoms with Crippen LogP contribution in [0.3, 0.4) is 0 Å². The molecule has 1 aliphatic heterocycles. The van der Waals surface area contributed by atoms with Gasteiger partial charge in [0.05, 0.1) is 6.61 Å². The summed E-state index contributed by atoms with van der Waals surface area (Å²) >= 11 is 0. The van der Waals surface area contributed by atoms with E-state index in [9.17, 15) is 20.1 Å². The van der Waals surface area contributed by atoms with Crippen molar-refractivity contribution in [2.45, 2.75) is 38.9 Å². The van der Waals surface area contributed by atoms with Crippen molar-refractivity contribution in [1.82, 2.24) is 4.90 Å². The Kier molecular flexibility index (Phi) is 9.99. The van der Waals surface area contributed by atoms with E-state index >= 15 is 0 Å². The van der Waals surface area contributed by atoms with Crippen LogP contribution in [-0.2, 0) is 9.53 Å². The average molecular weight is 387 g/mol. The summed E-state index contributed by atoms with van der Waals surface area (Å²) in [5.41, 5.74) is -0.275. The van der Waals surface area contributed by atoms with Gasteiger partial charge in [-0.2, -0.15) is 0 Å². The molecule has 0 aliphatic carbocycles. The van der Waals surface area contributed by atoms with Crippen molar-refractivity contribution in [3.8, 4) is 0 Å². The minimum Gasteiger partial charge on any atom is -0.487 e. The van der Waals surface area contributed by atoms with E-state index in [1.165, 1.54) is 6.08 Å². The van der Waals surface area contributed by atoms with Crippen LogP contribution in [0.15, 0.2) is 23.5 Å². The number of aliphatic hydroxyl groups is 3. The molecular formula is C17H30BNO8. The van der Waals surface area contributed by atoms with Gasteiger partial charge in [-0.3, -0.25) is 4.90 Å². The second-order valence-corrected chi connectivity index (χ2v) is 6.97. The Balaban J connectivity index is 2.74. The van der Waals surface area contributed by atoms with Crippen LogP contribution in [0.1, 0.15) is 20.3 Å². The van der Waals surface area contributed by atoms with Crippen molar-refractivity contribution in [2.75, 3.05) is 26.3 Å². The van der Waals surface area contributed by atoms with Crippen LogP contribution in [0.4, 0.5) is 0 Å². The number of carbonyl (C=O) groups is 1. The zero-order chi connectivity index (χ0) is 20.6. The first kappa shape index (κ1) is 23.6. The van der Waals surface area contributed by atoms with Gasteiger partial charge in [-0.15, -0.1) is 0 Å². The number of hydrogen-bond acceptors (Lipinski definition) is 8. The number of aliphatic carboxylic acids is 1. The van der Waals surface area contributed by atoms with E-state index in [2.05, 4.69) is 0 Å². The Morgan fingerprint density at radius 1 is 1.30 bits per heavy atom. The van der Waals surface area contributed by atoms with Gasteiger partial charge in [-0.25, -0.2) is 4.79 Å². The zero-order valence-corrected chi connectivity index (χ0v) is 15.7. The monoisotopic (exact) mass is 387 g/mol. The van der Waals surface area contributed by atoms with E-state index in [1.807, 2.05) is 6.92 Å². The maximum Gasteiger partial charge on any atom is 0.451 e. The molecule has 3 unspecified atom stereocenters. The highest BCUT2D eigenvalue weighted by Crippen LogP contribution is 2.23. The lowest BCUT2D eigenvalue weighted by atomic mass is 9.81. The molecule has 10 heteroatoms. The highest BCUT2D eigenvalue weighted by atomic mass is 16.5. The number of carboxylic acid groups (broad SMARTS) is 1. The summed E-state index contributed by atoms with van der Waals surface area (Å²) in [5, 5.41) is 55.5. The predicted octanol–water partition coefficient (Wildman–Crippen LogP) is -0.980. The molecular weight excluding hydrogens is 357 g/mol. The average Bonchev–Trinajstić information content (AvgIpc) is 2.58. The van der Waals surface area contributed by atoms with E-state index < -0.39 is 25.9 Å². The molecule has 0 aromatic rings. The Labute approximate surface area is 159 Å². The molecule has 1 heterocycles. The summed E-state index contributed by atoms with van der Waals surface area (Å²) < 4.78 is 5.71. The molecule has 0 bridgehead atoms. The first-order valence-corrected chi connectivity index (χ1v) is 9.00. The van der Waals surface area contributed by atoms with Crippen molar-refractivity contribution in [2.24, 2.45) is 11.8 Å². The van der Waals surface area contributed by atoms with Gasteiger partial charge in [0.2, 0.25) is 0 Å². The Bertz CT molecular complexity index is 533. The summed E-state index contributed by atoms with van der Waals surface area (Å²) in [6.07, 6.45) is 2.69. The number of ether oxygens (including phenoxy) is 1. The summed E-state index contributed by atoms with van der Waals surface area (Å²) in [4.78, 5) is 13.1. The van der Waals surface area contributed by atoms with Crippen molar-refractivity contribution in [3.63, 3.8) is 0 Å². The number of likely N-dealkylation sites (tertiary alicyclic amines) is 1. The smallest absolute Gasteiger partial charge is 0.451 e. The van der Waals surface area contributed by atoms with Crippen molar-refractivity contribution in [3.05, 3.63) is 23.5 Å². The molecule has 9 nitrogen and oxygen atoms in total. The van der Waals surface area contributed by atoms with Gasteiger partial charge in [0.25, 0.3) is 0 Å². The molecule has 6 N–H and O–H groups in total. The molecule has 0 saturated carbocycles. The van der Waals surface area contributed by atoms with E-state index in [0.29, 0.717) is 19.5 Å². The number of hydrogen-bond donors (Lipinski definition) is 6. The van der Waals surface area contributed by atoms with E-state index in [-0.39, 0.29) is 42.2 Å². The van der Waals surface area contributed by atoms with Gasteiger partial charge < -0.3 is 35.2 Å². The predicted molar refractivity (Wildman–Crippen MR) is 98.4 cm³/mol. The van der Waals surface area contributed by atoms with Crippen LogP contribution in [0.25, 0.3) is 0 Å². The molecule has 0 aromatic heterocycles. The lowest BCUT2D eigenvalue weighted by Crippen LogP contribution is -2.58. The number of aliphatic hydroxyl groups excluding tert-OH is 3. The third-order valence-electron chi connectivity index (χ3n) is 4.51. The normalized spacial score (nSPS) is 20.0. The lowest BCUT2D eigenvalue weighted by Gasteiger charge is -2.43. The molecule has 0 spiro atoms. The van der Waals surface area contributed by atoms with Gasteiger partial charge in [0, 0.05) is 25.6 Å². The minimum atomic E-state index is -1.40. The number of rotatable bonds is 12. The van der Waals surface area contributed by atoms with E-state index in [4.69, 9.17) is 19.9 Å². The molecule has 0 amide bonds. The van der Waals surface area contributed by atoms with Crippen LogP contribution in [0.5, 0.6) is 0 Å². The highest BCUT2D eigenvalue weighted by Gasteiger charge is 2.35. The van der Waals surface area contributed by atoms with E-state index in [1.54, 1.807) is 17.9 Å². The zero-order valence-electron chi connectivity index (χ0n) is 15.7. The molecule has 154 valence electrons. The second kappa shape index (κ2) is 11.4. The molecule has 1 aliphatic rings. The number of allylic oxidation sites excluding steroid dienone is 2. The van der Waals surface area contributed by atoms with Crippen LogP contribution in [0.2, 0.25) is 6.32 Å². The number of carboxylic acids is 1. The molecule has 3 atom stereocenters. The molecule has 27 heavy (non-hydrogen) atoms.